The van der Waals surface area contributed by atoms with Crippen LogP contribution in [0.2, 0.25) is 0 Å². The van der Waals surface area contributed by atoms with Crippen molar-refractivity contribution in [1.29, 1.82) is 0 Å². The van der Waals surface area contributed by atoms with Gasteiger partial charge in [0.25, 0.3) is 0 Å². The van der Waals surface area contributed by atoms with Crippen LogP contribution in [0, 0.1) is 0 Å². The van der Waals surface area contributed by atoms with Gasteiger partial charge in [-0.2, -0.15) is 0 Å². The number of hydrogen-bond acceptors (Lipinski definition) is 2. The van der Waals surface area contributed by atoms with Crippen LogP contribution in [0.3, 0.4) is 0 Å². The maximum Gasteiger partial charge on any atom is 0.320 e. The Morgan fingerprint density at radius 2 is 1.00 bits per heavy atom. The molecule has 0 heterocycles. The average Bonchev–Trinajstić information content (AvgIpc) is 2.57. The normalized spacial score (nSPS) is 10.9. The molecule has 0 bridgehead atoms. The maximum atomic E-state index is 10.8. The summed E-state index contributed by atoms with van der Waals surface area (Å²) in [6, 6.07) is 0. The molecule has 0 N–H and O–H groups in total. The molecule has 0 fully saturated rings. The van der Waals surface area contributed by atoms with E-state index in [1.807, 2.05) is 0 Å². The summed E-state index contributed by atoms with van der Waals surface area (Å²) in [5.74, 6) is -0.327. The minimum atomic E-state index is -0.298. The molecule has 0 rings (SSSR count). The monoisotopic (exact) mass is 346 g/mol. The van der Waals surface area contributed by atoms with Crippen LogP contribution in [0.5, 0.6) is 0 Å². The smallest absolute Gasteiger partial charge is 0.320 e. The van der Waals surface area contributed by atoms with Gasteiger partial charge in [0.1, 0.15) is 5.88 Å². The number of unbranched alkanes of at least 4 members (excludes halogenated alkanes) is 15. The Kier molecular flexibility index (Phi) is 19.6. The van der Waals surface area contributed by atoms with E-state index in [4.69, 9.17) is 16.3 Å². The highest BCUT2D eigenvalue weighted by molar-refractivity contribution is 6.26. The summed E-state index contributed by atoms with van der Waals surface area (Å²) in [4.78, 5) is 10.8. The molecule has 0 aliphatic heterocycles. The molecule has 138 valence electrons. The maximum absolute atomic E-state index is 10.8. The summed E-state index contributed by atoms with van der Waals surface area (Å²) in [6.07, 6.45) is 21.7. The lowest BCUT2D eigenvalue weighted by atomic mass is 10.0. The van der Waals surface area contributed by atoms with E-state index in [0.29, 0.717) is 6.61 Å². The van der Waals surface area contributed by atoms with Gasteiger partial charge in [0.2, 0.25) is 0 Å². The van der Waals surface area contributed by atoms with Crippen LogP contribution in [0.4, 0.5) is 0 Å². The van der Waals surface area contributed by atoms with Gasteiger partial charge in [0, 0.05) is 0 Å². The van der Waals surface area contributed by atoms with Gasteiger partial charge >= 0.3 is 5.97 Å². The van der Waals surface area contributed by atoms with Crippen LogP contribution in [-0.2, 0) is 9.53 Å². The van der Waals surface area contributed by atoms with Crippen molar-refractivity contribution in [2.45, 2.75) is 110 Å². The van der Waals surface area contributed by atoms with Crippen LogP contribution >= 0.6 is 11.6 Å². The largest absolute Gasteiger partial charge is 0.465 e. The average molecular weight is 347 g/mol. The van der Waals surface area contributed by atoms with Gasteiger partial charge in [-0.25, -0.2) is 0 Å². The third-order valence-corrected chi connectivity index (χ3v) is 4.59. The van der Waals surface area contributed by atoms with E-state index < -0.39 is 0 Å². The first-order chi connectivity index (χ1) is 11.3. The molecule has 0 amide bonds. The molecule has 0 aliphatic rings. The highest BCUT2D eigenvalue weighted by Crippen LogP contribution is 2.13. The molecule has 0 atom stereocenters. The quantitative estimate of drug-likeness (QED) is 0.151. The second kappa shape index (κ2) is 19.8. The lowest BCUT2D eigenvalue weighted by molar-refractivity contribution is -0.140. The number of ether oxygens (including phenoxy) is 1. The molecule has 0 unspecified atom stereocenters. The van der Waals surface area contributed by atoms with E-state index in [-0.39, 0.29) is 11.8 Å². The fourth-order valence-electron chi connectivity index (χ4n) is 2.87. The van der Waals surface area contributed by atoms with E-state index in [9.17, 15) is 4.79 Å². The first-order valence-electron chi connectivity index (χ1n) is 10.0. The van der Waals surface area contributed by atoms with Crippen LogP contribution in [0.25, 0.3) is 0 Å². The van der Waals surface area contributed by atoms with Crippen LogP contribution in [-0.4, -0.2) is 18.5 Å². The van der Waals surface area contributed by atoms with Crippen LogP contribution in [0.15, 0.2) is 0 Å². The summed E-state index contributed by atoms with van der Waals surface area (Å²) in [5, 5.41) is 0. The van der Waals surface area contributed by atoms with Crippen LogP contribution < -0.4 is 0 Å². The standard InChI is InChI=1S/C20H39ClO2/c1-2-3-4-5-6-7-8-9-10-11-12-13-14-15-16-17-18-23-20(22)19-21/h2-19H2,1H3. The Hall–Kier alpha value is -0.240. The number of alkyl halides is 1. The minimum absolute atomic E-state index is 0.0289. The summed E-state index contributed by atoms with van der Waals surface area (Å²) >= 11 is 5.35. The predicted molar refractivity (Wildman–Crippen MR) is 101 cm³/mol. The lowest BCUT2D eigenvalue weighted by Gasteiger charge is -2.04. The van der Waals surface area contributed by atoms with Crippen molar-refractivity contribution < 1.29 is 9.53 Å². The summed E-state index contributed by atoms with van der Waals surface area (Å²) in [5.41, 5.74) is 0. The molecule has 0 radical (unpaired) electrons. The molecule has 3 heteroatoms. The van der Waals surface area contributed by atoms with E-state index in [1.54, 1.807) is 0 Å². The molecule has 2 nitrogen and oxygen atoms in total. The SMILES string of the molecule is CCCCCCCCCCCCCCCCCCOC(=O)CCl. The van der Waals surface area contributed by atoms with E-state index in [2.05, 4.69) is 6.92 Å². The molecule has 0 aliphatic carbocycles. The molecule has 0 spiro atoms. The molecule has 0 saturated heterocycles. The molecule has 0 aromatic heterocycles. The van der Waals surface area contributed by atoms with E-state index in [0.717, 1.165) is 12.8 Å². The first-order valence-corrected chi connectivity index (χ1v) is 10.6. The molecule has 23 heavy (non-hydrogen) atoms. The molecular formula is C20H39ClO2. The fourth-order valence-corrected chi connectivity index (χ4v) is 2.95. The van der Waals surface area contributed by atoms with Gasteiger partial charge in [0.15, 0.2) is 0 Å². The third-order valence-electron chi connectivity index (χ3n) is 4.37. The Bertz CT molecular complexity index is 244. The second-order valence-electron chi connectivity index (χ2n) is 6.66. The molecule has 0 aromatic rings. The van der Waals surface area contributed by atoms with Crippen molar-refractivity contribution in [2.75, 3.05) is 12.5 Å². The highest BCUT2D eigenvalue weighted by atomic mass is 35.5. The molecule has 0 saturated carbocycles. The number of carbonyl (C=O) groups excluding carboxylic acids is 1. The zero-order chi connectivity index (χ0) is 17.0. The highest BCUT2D eigenvalue weighted by Gasteiger charge is 1.98. The minimum Gasteiger partial charge on any atom is -0.465 e. The van der Waals surface area contributed by atoms with Gasteiger partial charge in [-0.05, 0) is 6.42 Å². The van der Waals surface area contributed by atoms with Crippen molar-refractivity contribution in [3.63, 3.8) is 0 Å². The van der Waals surface area contributed by atoms with Crippen molar-refractivity contribution in [2.24, 2.45) is 0 Å². The Balaban J connectivity index is 2.99. The Labute approximate surface area is 149 Å². The molecule has 0 aromatic carbocycles. The summed E-state index contributed by atoms with van der Waals surface area (Å²) in [6.45, 7) is 2.81. The van der Waals surface area contributed by atoms with Gasteiger partial charge in [-0.3, -0.25) is 4.79 Å². The van der Waals surface area contributed by atoms with E-state index >= 15 is 0 Å². The van der Waals surface area contributed by atoms with Gasteiger partial charge < -0.3 is 4.74 Å². The van der Waals surface area contributed by atoms with Gasteiger partial charge in [0.05, 0.1) is 6.61 Å². The fraction of sp³-hybridized carbons (Fsp3) is 0.950. The zero-order valence-corrected chi connectivity index (χ0v) is 16.2. The second-order valence-corrected chi connectivity index (χ2v) is 6.92. The summed E-state index contributed by atoms with van der Waals surface area (Å²) < 4.78 is 4.94. The third kappa shape index (κ3) is 19.7. The van der Waals surface area contributed by atoms with Crippen molar-refractivity contribution in [3.05, 3.63) is 0 Å². The Morgan fingerprint density at radius 3 is 1.35 bits per heavy atom. The number of esters is 1. The van der Waals surface area contributed by atoms with Crippen molar-refractivity contribution in [3.8, 4) is 0 Å². The molecular weight excluding hydrogens is 308 g/mol. The summed E-state index contributed by atoms with van der Waals surface area (Å²) in [7, 11) is 0. The number of carbonyl (C=O) groups is 1. The zero-order valence-electron chi connectivity index (χ0n) is 15.4. The first kappa shape index (κ1) is 22.8. The van der Waals surface area contributed by atoms with Gasteiger partial charge in [-0.1, -0.05) is 103 Å². The number of rotatable bonds is 18. The topological polar surface area (TPSA) is 26.3 Å². The van der Waals surface area contributed by atoms with Crippen molar-refractivity contribution >= 4 is 17.6 Å². The van der Waals surface area contributed by atoms with Gasteiger partial charge in [-0.15, -0.1) is 11.6 Å². The Morgan fingerprint density at radius 1 is 0.652 bits per heavy atom. The van der Waals surface area contributed by atoms with Crippen LogP contribution in [0.1, 0.15) is 110 Å². The number of halogens is 1. The van der Waals surface area contributed by atoms with Crippen molar-refractivity contribution in [1.82, 2.24) is 0 Å². The predicted octanol–water partition coefficient (Wildman–Crippen LogP) is 7.03. The lowest BCUT2D eigenvalue weighted by Crippen LogP contribution is -2.06. The number of hydrogen-bond donors (Lipinski definition) is 0. The van der Waals surface area contributed by atoms with E-state index in [1.165, 1.54) is 89.9 Å².